The summed E-state index contributed by atoms with van der Waals surface area (Å²) in [4.78, 5) is 14.6. The van der Waals surface area contributed by atoms with E-state index in [1.54, 1.807) is 31.2 Å². The van der Waals surface area contributed by atoms with Gasteiger partial charge >= 0.3 is 6.18 Å². The Morgan fingerprint density at radius 1 is 1.12 bits per heavy atom. The molecule has 2 aromatic carbocycles. The lowest BCUT2D eigenvalue weighted by atomic mass is 9.92. The van der Waals surface area contributed by atoms with Crippen LogP contribution < -0.4 is 0 Å². The third-order valence-corrected chi connectivity index (χ3v) is 5.51. The number of hydrogen-bond acceptors (Lipinski definition) is 4. The molecule has 10 heteroatoms. The minimum absolute atomic E-state index is 0.0872. The first-order valence-electron chi connectivity index (χ1n) is 9.69. The molecule has 0 aliphatic heterocycles. The summed E-state index contributed by atoms with van der Waals surface area (Å²) in [5.41, 5.74) is -2.85. The molecule has 4 rings (SSSR count). The van der Waals surface area contributed by atoms with Gasteiger partial charge in [0.15, 0.2) is 0 Å². The Kier molecular flexibility index (Phi) is 5.25. The van der Waals surface area contributed by atoms with E-state index in [4.69, 9.17) is 0 Å². The predicted octanol–water partition coefficient (Wildman–Crippen LogP) is 4.55. The summed E-state index contributed by atoms with van der Waals surface area (Å²) in [6.07, 6.45) is -1.08. The number of nitro groups is 1. The number of aromatic nitrogens is 3. The van der Waals surface area contributed by atoms with E-state index in [2.05, 4.69) is 4.98 Å². The molecule has 0 saturated carbocycles. The number of aryl methyl sites for hydroxylation is 1. The van der Waals surface area contributed by atoms with Gasteiger partial charge in [-0.1, -0.05) is 30.3 Å². The number of benzene rings is 2. The van der Waals surface area contributed by atoms with Gasteiger partial charge in [0.1, 0.15) is 5.82 Å². The van der Waals surface area contributed by atoms with Crippen LogP contribution in [0.2, 0.25) is 0 Å². The highest BCUT2D eigenvalue weighted by Gasteiger charge is 2.56. The van der Waals surface area contributed by atoms with Gasteiger partial charge in [-0.3, -0.25) is 10.1 Å². The number of nitrogens with zero attached hydrogens (tertiary/aromatic N) is 4. The Morgan fingerprint density at radius 2 is 1.84 bits per heavy atom. The fourth-order valence-corrected chi connectivity index (χ4v) is 3.78. The zero-order valence-electron chi connectivity index (χ0n) is 17.0. The second-order valence-electron chi connectivity index (χ2n) is 7.58. The Morgan fingerprint density at radius 3 is 2.44 bits per heavy atom. The van der Waals surface area contributed by atoms with Crippen LogP contribution in [0.15, 0.2) is 67.1 Å². The van der Waals surface area contributed by atoms with Crippen molar-refractivity contribution in [1.29, 1.82) is 0 Å². The van der Waals surface area contributed by atoms with E-state index in [1.165, 1.54) is 39.9 Å². The molecule has 0 radical (unpaired) electrons. The summed E-state index contributed by atoms with van der Waals surface area (Å²) in [6.45, 7) is 0.916. The zero-order chi connectivity index (χ0) is 23.1. The van der Waals surface area contributed by atoms with Gasteiger partial charge in [-0.05, 0) is 18.6 Å². The highest BCUT2D eigenvalue weighted by atomic mass is 19.4. The first-order valence-corrected chi connectivity index (χ1v) is 9.69. The lowest BCUT2D eigenvalue weighted by Gasteiger charge is -2.31. The van der Waals surface area contributed by atoms with Crippen molar-refractivity contribution in [3.05, 3.63) is 94.2 Å². The normalized spacial score (nSPS) is 13.9. The molecule has 0 saturated heterocycles. The molecule has 0 fully saturated rings. The molecule has 32 heavy (non-hydrogen) atoms. The van der Waals surface area contributed by atoms with Gasteiger partial charge in [-0.15, -0.1) is 0 Å². The van der Waals surface area contributed by atoms with Crippen LogP contribution in [0.4, 0.5) is 18.9 Å². The van der Waals surface area contributed by atoms with E-state index in [-0.39, 0.29) is 28.7 Å². The molecule has 0 aliphatic rings. The molecule has 166 valence electrons. The van der Waals surface area contributed by atoms with E-state index in [0.717, 1.165) is 11.6 Å². The average Bonchev–Trinajstić information content (AvgIpc) is 3.31. The van der Waals surface area contributed by atoms with Crippen LogP contribution in [0.1, 0.15) is 17.0 Å². The summed E-state index contributed by atoms with van der Waals surface area (Å²) in [5.74, 6) is 0.316. The molecule has 0 amide bonds. The van der Waals surface area contributed by atoms with Gasteiger partial charge < -0.3 is 14.2 Å². The van der Waals surface area contributed by atoms with Crippen molar-refractivity contribution in [2.24, 2.45) is 0 Å². The summed E-state index contributed by atoms with van der Waals surface area (Å²) in [7, 11) is 0. The number of halogens is 3. The zero-order valence-corrected chi connectivity index (χ0v) is 17.0. The van der Waals surface area contributed by atoms with Crippen molar-refractivity contribution in [2.75, 3.05) is 0 Å². The Balaban J connectivity index is 1.93. The molecular weight excluding hydrogens is 425 g/mol. The molecule has 7 nitrogen and oxygen atoms in total. The Hall–Kier alpha value is -3.66. The number of non-ortho nitro benzene ring substituents is 1. The van der Waals surface area contributed by atoms with Crippen molar-refractivity contribution in [3.8, 4) is 0 Å². The van der Waals surface area contributed by atoms with Crippen molar-refractivity contribution >= 4 is 16.6 Å². The van der Waals surface area contributed by atoms with Crippen molar-refractivity contribution in [1.82, 2.24) is 14.1 Å². The standard InChI is InChI=1S/C22H19F3N4O3/c1-15-26-9-10-27(15)14-21(30,22(23,24)25)19-13-28(12-16-5-3-2-4-6-16)20-11-17(29(31)32)7-8-18(19)20/h2-11,13,30H,12,14H2,1H3. The summed E-state index contributed by atoms with van der Waals surface area (Å²) < 4.78 is 45.6. The second-order valence-corrected chi connectivity index (χ2v) is 7.58. The van der Waals surface area contributed by atoms with E-state index < -0.39 is 23.2 Å². The van der Waals surface area contributed by atoms with Gasteiger partial charge in [-0.2, -0.15) is 13.2 Å². The Labute approximate surface area is 180 Å². The number of nitro benzene ring substituents is 1. The summed E-state index contributed by atoms with van der Waals surface area (Å²) in [6, 6.07) is 12.6. The molecular formula is C22H19F3N4O3. The number of fused-ring (bicyclic) bond motifs is 1. The predicted molar refractivity (Wildman–Crippen MR) is 111 cm³/mol. The smallest absolute Gasteiger partial charge is 0.375 e. The number of imidazole rings is 1. The minimum Gasteiger partial charge on any atom is -0.375 e. The first kappa shape index (κ1) is 21.6. The fraction of sp³-hybridized carbons (Fsp3) is 0.227. The topological polar surface area (TPSA) is 86.1 Å². The van der Waals surface area contributed by atoms with Crippen LogP contribution >= 0.6 is 0 Å². The molecule has 0 spiro atoms. The Bertz CT molecular complexity index is 1280. The first-order chi connectivity index (χ1) is 15.1. The number of rotatable bonds is 6. The van der Waals surface area contributed by atoms with Crippen molar-refractivity contribution < 1.29 is 23.2 Å². The monoisotopic (exact) mass is 444 g/mol. The molecule has 0 aliphatic carbocycles. The highest BCUT2D eigenvalue weighted by Crippen LogP contribution is 2.44. The van der Waals surface area contributed by atoms with Crippen LogP contribution in [-0.2, 0) is 18.7 Å². The molecule has 1 unspecified atom stereocenters. The van der Waals surface area contributed by atoms with Crippen LogP contribution in [0.25, 0.3) is 10.9 Å². The van der Waals surface area contributed by atoms with Gasteiger partial charge in [0, 0.05) is 48.2 Å². The third kappa shape index (κ3) is 3.73. The van der Waals surface area contributed by atoms with E-state index in [1.807, 2.05) is 6.07 Å². The maximum atomic E-state index is 14.3. The van der Waals surface area contributed by atoms with Crippen molar-refractivity contribution in [2.45, 2.75) is 31.8 Å². The highest BCUT2D eigenvalue weighted by molar-refractivity contribution is 5.87. The number of aliphatic hydroxyl groups is 1. The SMILES string of the molecule is Cc1nccn1CC(O)(c1cn(Cc2ccccc2)c2cc([N+](=O)[O-])ccc12)C(F)(F)F. The summed E-state index contributed by atoms with van der Waals surface area (Å²) in [5, 5.41) is 22.4. The minimum atomic E-state index is -5.02. The largest absolute Gasteiger partial charge is 0.423 e. The van der Waals surface area contributed by atoms with Crippen LogP contribution in [0, 0.1) is 17.0 Å². The molecule has 2 aromatic heterocycles. The molecule has 4 aromatic rings. The van der Waals surface area contributed by atoms with Crippen molar-refractivity contribution in [3.63, 3.8) is 0 Å². The number of hydrogen-bond donors (Lipinski definition) is 1. The van der Waals surface area contributed by atoms with E-state index >= 15 is 0 Å². The molecule has 1 atom stereocenters. The van der Waals surface area contributed by atoms with E-state index in [0.29, 0.717) is 5.82 Å². The molecule has 1 N–H and O–H groups in total. The van der Waals surface area contributed by atoms with Gasteiger partial charge in [0.25, 0.3) is 5.69 Å². The van der Waals surface area contributed by atoms with Crippen LogP contribution in [0.3, 0.4) is 0 Å². The lowest BCUT2D eigenvalue weighted by molar-refractivity contribution is -0.384. The third-order valence-electron chi connectivity index (χ3n) is 5.51. The fourth-order valence-electron chi connectivity index (χ4n) is 3.78. The maximum Gasteiger partial charge on any atom is 0.423 e. The second kappa shape index (κ2) is 7.79. The molecule has 0 bridgehead atoms. The quantitative estimate of drug-likeness (QED) is 0.349. The van der Waals surface area contributed by atoms with Gasteiger partial charge in [-0.25, -0.2) is 4.98 Å². The lowest BCUT2D eigenvalue weighted by Crippen LogP contribution is -2.45. The van der Waals surface area contributed by atoms with E-state index in [9.17, 15) is 28.4 Å². The maximum absolute atomic E-state index is 14.3. The molecule has 2 heterocycles. The van der Waals surface area contributed by atoms with Gasteiger partial charge in [0.05, 0.1) is 17.0 Å². The van der Waals surface area contributed by atoms with Crippen LogP contribution in [-0.4, -0.2) is 30.3 Å². The van der Waals surface area contributed by atoms with Gasteiger partial charge in [0.2, 0.25) is 5.60 Å². The average molecular weight is 444 g/mol. The summed E-state index contributed by atoms with van der Waals surface area (Å²) >= 11 is 0. The van der Waals surface area contributed by atoms with Crippen LogP contribution in [0.5, 0.6) is 0 Å². The number of alkyl halides is 3.